The van der Waals surface area contributed by atoms with Gasteiger partial charge >= 0.3 is 0 Å². The molecule has 1 saturated heterocycles. The van der Waals surface area contributed by atoms with E-state index in [1.54, 1.807) is 39.0 Å². The van der Waals surface area contributed by atoms with Crippen LogP contribution < -0.4 is 10.5 Å². The number of phenolic OH excluding ortho intramolecular Hbond substituents is 1. The van der Waals surface area contributed by atoms with E-state index in [4.69, 9.17) is 19.9 Å². The van der Waals surface area contributed by atoms with Gasteiger partial charge in [0.2, 0.25) is 5.78 Å². The molecule has 0 aromatic heterocycles. The lowest BCUT2D eigenvalue weighted by molar-refractivity contribution is -0.243. The molecular formula is C29H33NO8. The van der Waals surface area contributed by atoms with Crippen molar-refractivity contribution in [3.63, 3.8) is 0 Å². The molecule has 1 heterocycles. The summed E-state index contributed by atoms with van der Waals surface area (Å²) in [5.41, 5.74) is 8.05. The lowest BCUT2D eigenvalue weighted by atomic mass is 9.72. The molecule has 5 rings (SSSR count). The van der Waals surface area contributed by atoms with Crippen molar-refractivity contribution >= 4 is 17.3 Å². The van der Waals surface area contributed by atoms with Gasteiger partial charge in [-0.1, -0.05) is 19.1 Å². The highest BCUT2D eigenvalue weighted by Crippen LogP contribution is 2.49. The first-order valence-electron chi connectivity index (χ1n) is 13.0. The molecule has 4 N–H and O–H groups in total. The average molecular weight is 524 g/mol. The summed E-state index contributed by atoms with van der Waals surface area (Å²) < 4.78 is 17.5. The molecule has 6 atom stereocenters. The minimum atomic E-state index is -0.843. The molecule has 3 aliphatic rings. The van der Waals surface area contributed by atoms with Gasteiger partial charge in [-0.05, 0) is 43.9 Å². The molecule has 0 saturated carbocycles. The highest BCUT2D eigenvalue weighted by molar-refractivity contribution is 6.31. The Hall–Kier alpha value is -3.11. The first kappa shape index (κ1) is 26.5. The lowest BCUT2D eigenvalue weighted by Gasteiger charge is -2.40. The number of fused-ring (bicyclic) bond motifs is 3. The zero-order valence-electron chi connectivity index (χ0n) is 21.9. The van der Waals surface area contributed by atoms with E-state index < -0.39 is 42.3 Å². The highest BCUT2D eigenvalue weighted by Gasteiger charge is 2.44. The normalized spacial score (nSPS) is 28.4. The second-order valence-electron chi connectivity index (χ2n) is 10.4. The Kier molecular flexibility index (Phi) is 6.89. The maximum atomic E-state index is 13.8. The molecule has 9 heteroatoms. The second-order valence-corrected chi connectivity index (χ2v) is 10.4. The monoisotopic (exact) mass is 523 g/mol. The molecule has 1 fully saturated rings. The number of aliphatic hydroxyl groups is 1. The van der Waals surface area contributed by atoms with Gasteiger partial charge in [-0.15, -0.1) is 0 Å². The number of benzene rings is 2. The van der Waals surface area contributed by atoms with Crippen LogP contribution >= 0.6 is 0 Å². The molecule has 2 aromatic rings. The zero-order valence-corrected chi connectivity index (χ0v) is 21.9. The third-order valence-corrected chi connectivity index (χ3v) is 8.21. The van der Waals surface area contributed by atoms with Crippen LogP contribution in [0.4, 0.5) is 0 Å². The van der Waals surface area contributed by atoms with Gasteiger partial charge in [0, 0.05) is 41.5 Å². The van der Waals surface area contributed by atoms with Gasteiger partial charge in [0.05, 0.1) is 36.5 Å². The van der Waals surface area contributed by atoms with Gasteiger partial charge in [-0.3, -0.25) is 14.4 Å². The number of carbonyl (C=O) groups is 3. The molecule has 2 aromatic carbocycles. The summed E-state index contributed by atoms with van der Waals surface area (Å²) in [5.74, 6) is -1.31. The zero-order chi connectivity index (χ0) is 27.5. The number of nitrogens with two attached hydrogens (primary N) is 1. The summed E-state index contributed by atoms with van der Waals surface area (Å²) in [6, 6.07) is 4.25. The Bertz CT molecular complexity index is 1320. The van der Waals surface area contributed by atoms with E-state index in [1.165, 1.54) is 7.11 Å². The fourth-order valence-electron chi connectivity index (χ4n) is 6.16. The predicted octanol–water partition coefficient (Wildman–Crippen LogP) is 2.91. The number of aromatic hydroxyl groups is 1. The number of ether oxygens (including phenoxy) is 3. The van der Waals surface area contributed by atoms with E-state index in [1.807, 2.05) is 0 Å². The average Bonchev–Trinajstić information content (AvgIpc) is 2.90. The summed E-state index contributed by atoms with van der Waals surface area (Å²) in [5, 5.41) is 21.8. The molecular weight excluding hydrogens is 490 g/mol. The first-order valence-corrected chi connectivity index (χ1v) is 13.0. The van der Waals surface area contributed by atoms with E-state index >= 15 is 0 Å². The van der Waals surface area contributed by atoms with Crippen LogP contribution in [0.2, 0.25) is 0 Å². The maximum absolute atomic E-state index is 13.8. The fraction of sp³-hybridized carbons (Fsp3) is 0.483. The van der Waals surface area contributed by atoms with Crippen molar-refractivity contribution < 1.29 is 38.8 Å². The topological polar surface area (TPSA) is 145 Å². The van der Waals surface area contributed by atoms with E-state index in [9.17, 15) is 24.6 Å². The molecule has 38 heavy (non-hydrogen) atoms. The smallest absolute Gasteiger partial charge is 0.201 e. The molecule has 0 bridgehead atoms. The number of ketones is 3. The van der Waals surface area contributed by atoms with E-state index in [2.05, 4.69) is 0 Å². The third-order valence-electron chi connectivity index (χ3n) is 8.21. The van der Waals surface area contributed by atoms with Crippen LogP contribution in [0.25, 0.3) is 0 Å². The minimum absolute atomic E-state index is 0.0448. The van der Waals surface area contributed by atoms with Crippen LogP contribution in [-0.2, 0) is 20.7 Å². The van der Waals surface area contributed by atoms with Crippen molar-refractivity contribution in [2.45, 2.75) is 77.1 Å². The second kappa shape index (κ2) is 9.89. The Labute approximate surface area is 220 Å². The Morgan fingerprint density at radius 3 is 2.55 bits per heavy atom. The van der Waals surface area contributed by atoms with Gasteiger partial charge in [0.25, 0.3) is 0 Å². The summed E-state index contributed by atoms with van der Waals surface area (Å²) >= 11 is 0. The number of hydrogen-bond donors (Lipinski definition) is 3. The van der Waals surface area contributed by atoms with Crippen LogP contribution in [0.3, 0.4) is 0 Å². The van der Waals surface area contributed by atoms with Crippen molar-refractivity contribution in [2.75, 3.05) is 7.11 Å². The van der Waals surface area contributed by atoms with Crippen LogP contribution in [0.15, 0.2) is 18.2 Å². The SMILES string of the molecule is CCC(=O)[C@@H]1Cc2c(C)c3c(c(O)c2[C@@H](O[C@H]2C[C@H](N)[C@@H](O)[C@H](C)O2)C1)C(=O)c1c(OC)cccc1C3=O. The number of Topliss-reactive ketones (excluding diaryl/α,β-unsaturated/α-hetero) is 1. The van der Waals surface area contributed by atoms with Crippen LogP contribution in [0.1, 0.15) is 87.7 Å². The first-order chi connectivity index (χ1) is 18.1. The number of rotatable bonds is 5. The Balaban J connectivity index is 1.65. The summed E-state index contributed by atoms with van der Waals surface area (Å²) in [4.78, 5) is 40.3. The Morgan fingerprint density at radius 1 is 1.16 bits per heavy atom. The largest absolute Gasteiger partial charge is 0.507 e. The van der Waals surface area contributed by atoms with Crippen LogP contribution in [-0.4, -0.2) is 59.2 Å². The molecule has 202 valence electrons. The Morgan fingerprint density at radius 2 is 1.89 bits per heavy atom. The summed E-state index contributed by atoms with van der Waals surface area (Å²) in [7, 11) is 1.42. The summed E-state index contributed by atoms with van der Waals surface area (Å²) in [6.45, 7) is 5.24. The van der Waals surface area contributed by atoms with Crippen molar-refractivity contribution in [3.05, 3.63) is 57.1 Å². The van der Waals surface area contributed by atoms with Gasteiger partial charge in [-0.25, -0.2) is 0 Å². The van der Waals surface area contributed by atoms with Gasteiger partial charge in [-0.2, -0.15) is 0 Å². The van der Waals surface area contributed by atoms with Gasteiger partial charge in [0.1, 0.15) is 17.3 Å². The molecule has 1 aliphatic heterocycles. The maximum Gasteiger partial charge on any atom is 0.201 e. The quantitative estimate of drug-likeness (QED) is 0.459. The highest BCUT2D eigenvalue weighted by atomic mass is 16.7. The number of carbonyl (C=O) groups excluding carboxylic acids is 3. The van der Waals surface area contributed by atoms with E-state index in [0.29, 0.717) is 29.5 Å². The number of hydrogen-bond acceptors (Lipinski definition) is 9. The number of methoxy groups -OCH3 is 1. The van der Waals surface area contributed by atoms with E-state index in [-0.39, 0.29) is 58.2 Å². The predicted molar refractivity (Wildman–Crippen MR) is 137 cm³/mol. The number of phenols is 1. The van der Waals surface area contributed by atoms with Crippen molar-refractivity contribution in [1.29, 1.82) is 0 Å². The minimum Gasteiger partial charge on any atom is -0.507 e. The van der Waals surface area contributed by atoms with Crippen molar-refractivity contribution in [1.82, 2.24) is 0 Å². The fourth-order valence-corrected chi connectivity index (χ4v) is 6.16. The molecule has 0 radical (unpaired) electrons. The van der Waals surface area contributed by atoms with Gasteiger partial charge < -0.3 is 30.2 Å². The lowest BCUT2D eigenvalue weighted by Crippen LogP contribution is -2.52. The molecule has 0 amide bonds. The van der Waals surface area contributed by atoms with E-state index in [0.717, 1.165) is 0 Å². The van der Waals surface area contributed by atoms with Crippen molar-refractivity contribution in [3.8, 4) is 11.5 Å². The molecule has 9 nitrogen and oxygen atoms in total. The van der Waals surface area contributed by atoms with Crippen LogP contribution in [0.5, 0.6) is 11.5 Å². The number of aliphatic hydroxyl groups excluding tert-OH is 1. The van der Waals surface area contributed by atoms with Crippen LogP contribution in [0, 0.1) is 12.8 Å². The standard InChI is InChI=1S/C29H33NO8/c1-5-18(31)14-9-16-12(2)22-25(28(34)23-15(27(22)33)7-6-8-19(23)36-4)29(35)24(16)20(10-14)38-21-11-17(30)26(32)13(3)37-21/h6-8,13-14,17,20-21,26,32,35H,5,9-11,30H2,1-4H3/t13-,14+,17-,20-,21-,26-/m0/s1. The van der Waals surface area contributed by atoms with Crippen molar-refractivity contribution in [2.24, 2.45) is 11.7 Å². The molecule has 0 spiro atoms. The molecule has 2 aliphatic carbocycles. The third kappa shape index (κ3) is 4.05. The molecule has 0 unspecified atom stereocenters. The summed E-state index contributed by atoms with van der Waals surface area (Å²) in [6.07, 6.45) is -1.83. The van der Waals surface area contributed by atoms with Gasteiger partial charge in [0.15, 0.2) is 12.1 Å².